The molecule has 113 valence electrons. The predicted octanol–water partition coefficient (Wildman–Crippen LogP) is 4.70. The summed E-state index contributed by atoms with van der Waals surface area (Å²) >= 11 is 7.48. The number of hydrogen-bond donors (Lipinski definition) is 0. The van der Waals surface area contributed by atoms with Gasteiger partial charge in [-0.2, -0.15) is 0 Å². The van der Waals surface area contributed by atoms with Crippen LogP contribution in [-0.4, -0.2) is 15.9 Å². The highest BCUT2D eigenvalue weighted by Crippen LogP contribution is 2.33. The first-order valence-electron chi connectivity index (χ1n) is 6.50. The maximum absolute atomic E-state index is 11.1. The minimum Gasteiger partial charge on any atom is -0.285 e. The van der Waals surface area contributed by atoms with E-state index < -0.39 is 4.92 Å². The van der Waals surface area contributed by atoms with Crippen molar-refractivity contribution in [1.82, 2.24) is 0 Å². The molecule has 0 heterocycles. The SMILES string of the molecule is Cc1cc([C]=O)c([N+](=O)[O-])cc1-c1cccc(SC(C)Cl)c1. The van der Waals surface area contributed by atoms with Crippen LogP contribution in [0.15, 0.2) is 41.3 Å². The van der Waals surface area contributed by atoms with E-state index in [1.54, 1.807) is 6.29 Å². The van der Waals surface area contributed by atoms with Crippen molar-refractivity contribution >= 4 is 35.3 Å². The lowest BCUT2D eigenvalue weighted by Gasteiger charge is -2.10. The lowest BCUT2D eigenvalue weighted by molar-refractivity contribution is -0.385. The van der Waals surface area contributed by atoms with Crippen LogP contribution in [0, 0.1) is 17.0 Å². The first-order chi connectivity index (χ1) is 10.4. The van der Waals surface area contributed by atoms with E-state index in [0.717, 1.165) is 21.6 Å². The Balaban J connectivity index is 2.55. The van der Waals surface area contributed by atoms with Crippen LogP contribution in [0.25, 0.3) is 11.1 Å². The number of alkyl halides is 1. The molecular formula is C16H13ClNO3S. The minimum atomic E-state index is -0.567. The Labute approximate surface area is 137 Å². The van der Waals surface area contributed by atoms with Gasteiger partial charge in [-0.3, -0.25) is 14.9 Å². The first-order valence-corrected chi connectivity index (χ1v) is 7.82. The number of carbonyl (C=O) groups excluding carboxylic acids is 1. The average molecular weight is 335 g/mol. The number of nitro groups is 1. The van der Waals surface area contributed by atoms with E-state index in [-0.39, 0.29) is 16.0 Å². The molecule has 2 aromatic carbocycles. The van der Waals surface area contributed by atoms with Crippen LogP contribution >= 0.6 is 23.4 Å². The van der Waals surface area contributed by atoms with E-state index in [9.17, 15) is 14.9 Å². The number of halogens is 1. The van der Waals surface area contributed by atoms with Crippen molar-refractivity contribution in [2.24, 2.45) is 0 Å². The van der Waals surface area contributed by atoms with Gasteiger partial charge >= 0.3 is 0 Å². The van der Waals surface area contributed by atoms with Crippen molar-refractivity contribution in [3.8, 4) is 11.1 Å². The summed E-state index contributed by atoms with van der Waals surface area (Å²) in [6.07, 6.45) is 1.62. The lowest BCUT2D eigenvalue weighted by Crippen LogP contribution is -1.97. The van der Waals surface area contributed by atoms with Gasteiger partial charge in [0.15, 0.2) is 0 Å². The topological polar surface area (TPSA) is 60.2 Å². The second kappa shape index (κ2) is 6.94. The van der Waals surface area contributed by atoms with Crippen LogP contribution in [0.3, 0.4) is 0 Å². The molecule has 0 saturated heterocycles. The molecule has 6 heteroatoms. The highest BCUT2D eigenvalue weighted by atomic mass is 35.5. The maximum atomic E-state index is 11.1. The van der Waals surface area contributed by atoms with Crippen molar-refractivity contribution in [2.75, 3.05) is 0 Å². The number of benzene rings is 2. The zero-order valence-corrected chi connectivity index (χ0v) is 13.6. The highest BCUT2D eigenvalue weighted by Gasteiger charge is 2.18. The zero-order valence-electron chi connectivity index (χ0n) is 12.0. The zero-order chi connectivity index (χ0) is 16.3. The Morgan fingerprint density at radius 2 is 2.05 bits per heavy atom. The standard InChI is InChI=1S/C16H13ClNO3S/c1-10-6-13(9-19)16(18(20)21)8-15(10)12-4-3-5-14(7-12)22-11(2)17/h3-8,11H,1-2H3. The molecule has 1 unspecified atom stereocenters. The molecule has 2 rings (SSSR count). The molecular weight excluding hydrogens is 322 g/mol. The second-order valence-corrected chi connectivity index (χ2v) is 7.06. The number of nitrogens with zero attached hydrogens (tertiary/aromatic N) is 1. The Bertz CT molecular complexity index is 731. The molecule has 0 aromatic heterocycles. The van der Waals surface area contributed by atoms with Gasteiger partial charge in [-0.1, -0.05) is 12.1 Å². The van der Waals surface area contributed by atoms with Crippen molar-refractivity contribution in [3.05, 3.63) is 57.6 Å². The third-order valence-electron chi connectivity index (χ3n) is 3.09. The van der Waals surface area contributed by atoms with Gasteiger partial charge in [-0.25, -0.2) is 0 Å². The summed E-state index contributed by atoms with van der Waals surface area (Å²) in [5, 5.41) is 11.1. The molecule has 1 atom stereocenters. The van der Waals surface area contributed by atoms with Gasteiger partial charge in [0.2, 0.25) is 6.29 Å². The molecule has 0 saturated carbocycles. The molecule has 0 amide bonds. The van der Waals surface area contributed by atoms with Crippen molar-refractivity contribution in [2.45, 2.75) is 23.5 Å². The molecule has 1 radical (unpaired) electrons. The van der Waals surface area contributed by atoms with E-state index in [1.807, 2.05) is 38.1 Å². The summed E-state index contributed by atoms with van der Waals surface area (Å²) in [5.74, 6) is 0. The van der Waals surface area contributed by atoms with Gasteiger partial charge in [-0.05, 0) is 48.7 Å². The summed E-state index contributed by atoms with van der Waals surface area (Å²) in [6, 6.07) is 10.5. The summed E-state index contributed by atoms with van der Waals surface area (Å²) in [6.45, 7) is 3.69. The molecule has 0 aliphatic carbocycles. The molecule has 22 heavy (non-hydrogen) atoms. The molecule has 0 aliphatic rings. The van der Waals surface area contributed by atoms with Crippen LogP contribution in [0.5, 0.6) is 0 Å². The van der Waals surface area contributed by atoms with Gasteiger partial charge in [0.1, 0.15) is 5.56 Å². The molecule has 0 spiro atoms. The van der Waals surface area contributed by atoms with Crippen LogP contribution < -0.4 is 0 Å². The van der Waals surface area contributed by atoms with Gasteiger partial charge in [0.05, 0.1) is 9.63 Å². The Morgan fingerprint density at radius 1 is 1.32 bits per heavy atom. The summed E-state index contributed by atoms with van der Waals surface area (Å²) in [5.41, 5.74) is 2.08. The van der Waals surface area contributed by atoms with Crippen molar-refractivity contribution in [1.29, 1.82) is 0 Å². The van der Waals surface area contributed by atoms with Crippen molar-refractivity contribution < 1.29 is 9.72 Å². The molecule has 2 aromatic rings. The Kier molecular flexibility index (Phi) is 5.21. The average Bonchev–Trinajstić information content (AvgIpc) is 2.46. The monoisotopic (exact) mass is 334 g/mol. The summed E-state index contributed by atoms with van der Waals surface area (Å²) < 4.78 is -0.0716. The molecule has 0 bridgehead atoms. The van der Waals surface area contributed by atoms with Gasteiger partial charge in [0.25, 0.3) is 5.69 Å². The maximum Gasteiger partial charge on any atom is 0.281 e. The normalized spacial score (nSPS) is 12.0. The smallest absolute Gasteiger partial charge is 0.281 e. The third kappa shape index (κ3) is 3.67. The molecule has 4 nitrogen and oxygen atoms in total. The van der Waals surface area contributed by atoms with E-state index in [4.69, 9.17) is 11.6 Å². The summed E-state index contributed by atoms with van der Waals surface area (Å²) in [4.78, 5) is 22.4. The Hall–Kier alpha value is -1.85. The molecule has 0 fully saturated rings. The second-order valence-electron chi connectivity index (χ2n) is 4.73. The van der Waals surface area contributed by atoms with Crippen molar-refractivity contribution in [3.63, 3.8) is 0 Å². The molecule has 0 aliphatic heterocycles. The van der Waals surface area contributed by atoms with E-state index >= 15 is 0 Å². The highest BCUT2D eigenvalue weighted by molar-refractivity contribution is 8.01. The van der Waals surface area contributed by atoms with Crippen LogP contribution in [0.4, 0.5) is 5.69 Å². The van der Waals surface area contributed by atoms with Crippen LogP contribution in [-0.2, 0) is 4.79 Å². The largest absolute Gasteiger partial charge is 0.285 e. The van der Waals surface area contributed by atoms with Crippen LogP contribution in [0.2, 0.25) is 0 Å². The fraction of sp³-hybridized carbons (Fsp3) is 0.188. The van der Waals surface area contributed by atoms with E-state index in [1.165, 1.54) is 23.9 Å². The number of aryl methyl sites for hydroxylation is 1. The number of hydrogen-bond acceptors (Lipinski definition) is 4. The number of rotatable bonds is 5. The van der Waals surface area contributed by atoms with Crippen LogP contribution in [0.1, 0.15) is 18.1 Å². The first kappa shape index (κ1) is 16.5. The quantitative estimate of drug-likeness (QED) is 0.344. The fourth-order valence-electron chi connectivity index (χ4n) is 2.16. The third-order valence-corrected chi connectivity index (χ3v) is 4.21. The Morgan fingerprint density at radius 3 is 2.64 bits per heavy atom. The number of thioether (sulfide) groups is 1. The molecule has 0 N–H and O–H groups in total. The summed E-state index contributed by atoms with van der Waals surface area (Å²) in [7, 11) is 0. The predicted molar refractivity (Wildman–Crippen MR) is 89.2 cm³/mol. The van der Waals surface area contributed by atoms with E-state index in [0.29, 0.717) is 0 Å². The fourth-order valence-corrected chi connectivity index (χ4v) is 3.20. The van der Waals surface area contributed by atoms with Gasteiger partial charge in [-0.15, -0.1) is 23.4 Å². The number of nitro benzene ring substituents is 1. The van der Waals surface area contributed by atoms with Gasteiger partial charge in [0, 0.05) is 11.0 Å². The van der Waals surface area contributed by atoms with Gasteiger partial charge < -0.3 is 0 Å². The lowest BCUT2D eigenvalue weighted by atomic mass is 9.97. The minimum absolute atomic E-state index is 0.0360. The van der Waals surface area contributed by atoms with E-state index in [2.05, 4.69) is 0 Å².